The first kappa shape index (κ1) is 27.3. The van der Waals surface area contributed by atoms with Gasteiger partial charge in [-0.25, -0.2) is 15.0 Å². The first-order chi connectivity index (χ1) is 22.7. The van der Waals surface area contributed by atoms with Gasteiger partial charge in [0.15, 0.2) is 11.6 Å². The Balaban J connectivity index is 1.12. The largest absolute Gasteiger partial charge is 0.217 e. The standard InChI is InChI=1S/C40H25N3S3/c1-3-7-27-30-20-25(12-16-35(30)44-33(27)4-2)39-41-22-42-40(43-39)26-13-17-38-32(21-26)31-19-24(11-15-37(31)46-38)23-10-14-36-29(18-23)28-8-5-6-9-34(28)45-36/h3-22H,2H2,1H3/b7-3-. The minimum absolute atomic E-state index is 0.665. The summed E-state index contributed by atoms with van der Waals surface area (Å²) in [6.45, 7) is 6.05. The maximum absolute atomic E-state index is 4.96. The minimum Gasteiger partial charge on any atom is -0.217 e. The minimum atomic E-state index is 0.665. The van der Waals surface area contributed by atoms with Crippen LogP contribution in [0.2, 0.25) is 0 Å². The lowest BCUT2D eigenvalue weighted by molar-refractivity contribution is 1.07. The predicted octanol–water partition coefficient (Wildman–Crippen LogP) is 12.5. The van der Waals surface area contributed by atoms with Crippen LogP contribution in [0.3, 0.4) is 0 Å². The first-order valence-corrected chi connectivity index (χ1v) is 17.5. The summed E-state index contributed by atoms with van der Waals surface area (Å²) in [6.07, 6.45) is 7.76. The maximum Gasteiger partial charge on any atom is 0.163 e. The highest BCUT2D eigenvalue weighted by molar-refractivity contribution is 7.26. The molecule has 0 saturated carbocycles. The van der Waals surface area contributed by atoms with E-state index in [1.807, 2.05) is 35.7 Å². The van der Waals surface area contributed by atoms with Crippen LogP contribution in [0.25, 0.3) is 96.5 Å². The smallest absolute Gasteiger partial charge is 0.163 e. The Bertz CT molecular complexity index is 2690. The molecule has 0 atom stereocenters. The van der Waals surface area contributed by atoms with Crippen LogP contribution in [-0.4, -0.2) is 15.0 Å². The fraction of sp³-hybridized carbons (Fsp3) is 0.0250. The van der Waals surface area contributed by atoms with Crippen LogP contribution in [-0.2, 0) is 0 Å². The molecule has 0 aliphatic rings. The van der Waals surface area contributed by atoms with Crippen LogP contribution in [0.15, 0.2) is 116 Å². The topological polar surface area (TPSA) is 38.7 Å². The summed E-state index contributed by atoms with van der Waals surface area (Å²) in [6, 6.07) is 35.3. The Morgan fingerprint density at radius 1 is 0.543 bits per heavy atom. The summed E-state index contributed by atoms with van der Waals surface area (Å²) in [4.78, 5) is 15.3. The van der Waals surface area contributed by atoms with Crippen LogP contribution in [0.4, 0.5) is 0 Å². The van der Waals surface area contributed by atoms with Crippen LogP contribution >= 0.6 is 34.0 Å². The highest BCUT2D eigenvalue weighted by Gasteiger charge is 2.14. The van der Waals surface area contributed by atoms with Gasteiger partial charge in [-0.2, -0.15) is 0 Å². The van der Waals surface area contributed by atoms with Crippen LogP contribution < -0.4 is 0 Å². The monoisotopic (exact) mass is 643 g/mol. The van der Waals surface area contributed by atoms with Crippen LogP contribution in [0.5, 0.6) is 0 Å². The molecule has 9 rings (SSSR count). The molecule has 5 aromatic carbocycles. The number of allylic oxidation sites excluding steroid dienone is 1. The molecule has 0 radical (unpaired) electrons. The Labute approximate surface area is 277 Å². The third-order valence-electron chi connectivity index (χ3n) is 8.54. The van der Waals surface area contributed by atoms with Gasteiger partial charge in [0.05, 0.1) is 0 Å². The summed E-state index contributed by atoms with van der Waals surface area (Å²) in [5.41, 5.74) is 5.59. The number of fused-ring (bicyclic) bond motifs is 7. The van der Waals surface area contributed by atoms with Crippen molar-refractivity contribution in [2.24, 2.45) is 0 Å². The zero-order chi connectivity index (χ0) is 30.8. The highest BCUT2D eigenvalue weighted by Crippen LogP contribution is 2.41. The van der Waals surface area contributed by atoms with Gasteiger partial charge in [0.2, 0.25) is 0 Å². The summed E-state index contributed by atoms with van der Waals surface area (Å²) >= 11 is 5.43. The third-order valence-corrected chi connectivity index (χ3v) is 12.0. The van der Waals surface area contributed by atoms with E-state index in [0.717, 1.165) is 11.1 Å². The molecule has 218 valence electrons. The van der Waals surface area contributed by atoms with E-state index < -0.39 is 0 Å². The molecule has 0 fully saturated rings. The summed E-state index contributed by atoms with van der Waals surface area (Å²) in [5.74, 6) is 1.33. The summed E-state index contributed by atoms with van der Waals surface area (Å²) in [7, 11) is 0. The molecule has 46 heavy (non-hydrogen) atoms. The maximum atomic E-state index is 4.96. The van der Waals surface area contributed by atoms with Gasteiger partial charge >= 0.3 is 0 Å². The summed E-state index contributed by atoms with van der Waals surface area (Å²) < 4.78 is 6.40. The Kier molecular flexibility index (Phi) is 6.42. The van der Waals surface area contributed by atoms with Gasteiger partial charge in [-0.1, -0.05) is 55.1 Å². The Morgan fingerprint density at radius 2 is 1.04 bits per heavy atom. The van der Waals surface area contributed by atoms with Crippen molar-refractivity contribution < 1.29 is 0 Å². The zero-order valence-corrected chi connectivity index (χ0v) is 27.3. The molecule has 0 amide bonds. The van der Waals surface area contributed by atoms with E-state index in [-0.39, 0.29) is 0 Å². The van der Waals surface area contributed by atoms with Crippen molar-refractivity contribution in [1.82, 2.24) is 15.0 Å². The fourth-order valence-electron chi connectivity index (χ4n) is 6.34. The predicted molar refractivity (Wildman–Crippen MR) is 202 cm³/mol. The quantitative estimate of drug-likeness (QED) is 0.187. The second kappa shape index (κ2) is 10.8. The third kappa shape index (κ3) is 4.41. The van der Waals surface area contributed by atoms with Gasteiger partial charge in [-0.05, 0) is 90.3 Å². The molecule has 3 nitrogen and oxygen atoms in total. The number of hydrogen-bond donors (Lipinski definition) is 0. The van der Waals surface area contributed by atoms with Crippen molar-refractivity contribution in [3.8, 4) is 33.9 Å². The van der Waals surface area contributed by atoms with Gasteiger partial charge in [-0.3, -0.25) is 0 Å². The van der Waals surface area contributed by atoms with E-state index in [0.29, 0.717) is 11.6 Å². The lowest BCUT2D eigenvalue weighted by Crippen LogP contribution is -1.95. The van der Waals surface area contributed by atoms with Gasteiger partial charge < -0.3 is 0 Å². The Morgan fingerprint density at radius 3 is 1.65 bits per heavy atom. The molecular formula is C40H25N3S3. The summed E-state index contributed by atoms with van der Waals surface area (Å²) in [5, 5.41) is 6.30. The van der Waals surface area contributed by atoms with Crippen molar-refractivity contribution >= 4 is 96.6 Å². The van der Waals surface area contributed by atoms with Crippen molar-refractivity contribution in [2.75, 3.05) is 0 Å². The molecule has 4 heterocycles. The van der Waals surface area contributed by atoms with Gasteiger partial charge in [0.1, 0.15) is 6.33 Å². The zero-order valence-electron chi connectivity index (χ0n) is 24.8. The molecule has 0 aliphatic carbocycles. The number of nitrogens with zero attached hydrogens (tertiary/aromatic N) is 3. The SMILES string of the molecule is C=Cc1sc2ccc(-c3ncnc(-c4ccc5sc6ccc(-c7ccc8sc9ccccc9c8c7)cc6c5c4)n3)cc2c1/C=C\C. The van der Waals surface area contributed by atoms with Gasteiger partial charge in [0, 0.05) is 66.4 Å². The van der Waals surface area contributed by atoms with Crippen molar-refractivity contribution in [2.45, 2.75) is 6.92 Å². The average molecular weight is 644 g/mol. The van der Waals surface area contributed by atoms with Crippen LogP contribution in [0.1, 0.15) is 17.4 Å². The van der Waals surface area contributed by atoms with E-state index in [2.05, 4.69) is 126 Å². The highest BCUT2D eigenvalue weighted by atomic mass is 32.1. The molecule has 4 aromatic heterocycles. The molecular weight excluding hydrogens is 619 g/mol. The molecule has 0 N–H and O–H groups in total. The first-order valence-electron chi connectivity index (χ1n) is 15.1. The molecule has 0 bridgehead atoms. The number of thiophene rings is 3. The molecule has 9 aromatic rings. The number of aromatic nitrogens is 3. The number of rotatable bonds is 5. The molecule has 0 saturated heterocycles. The van der Waals surface area contributed by atoms with E-state index in [9.17, 15) is 0 Å². The number of benzene rings is 5. The van der Waals surface area contributed by atoms with E-state index in [1.165, 1.54) is 72.0 Å². The van der Waals surface area contributed by atoms with Crippen molar-refractivity contribution in [1.29, 1.82) is 0 Å². The van der Waals surface area contributed by atoms with E-state index in [4.69, 9.17) is 4.98 Å². The molecule has 6 heteroatoms. The normalized spacial score (nSPS) is 12.0. The average Bonchev–Trinajstić information content (AvgIpc) is 3.78. The van der Waals surface area contributed by atoms with Crippen LogP contribution in [0, 0.1) is 0 Å². The van der Waals surface area contributed by atoms with Gasteiger partial charge in [0.25, 0.3) is 0 Å². The fourth-order valence-corrected chi connectivity index (χ4v) is 9.52. The molecule has 0 unspecified atom stereocenters. The molecule has 0 spiro atoms. The van der Waals surface area contributed by atoms with E-state index >= 15 is 0 Å². The van der Waals surface area contributed by atoms with E-state index in [1.54, 1.807) is 17.7 Å². The molecule has 0 aliphatic heterocycles. The van der Waals surface area contributed by atoms with Crippen molar-refractivity contribution in [3.05, 3.63) is 126 Å². The Hall–Kier alpha value is -5.01. The lowest BCUT2D eigenvalue weighted by atomic mass is 10.0. The lowest BCUT2D eigenvalue weighted by Gasteiger charge is -2.05. The second-order valence-electron chi connectivity index (χ2n) is 11.3. The number of hydrogen-bond acceptors (Lipinski definition) is 6. The van der Waals surface area contributed by atoms with Crippen molar-refractivity contribution in [3.63, 3.8) is 0 Å². The van der Waals surface area contributed by atoms with Gasteiger partial charge in [-0.15, -0.1) is 34.0 Å². The second-order valence-corrected chi connectivity index (χ2v) is 14.5.